The van der Waals surface area contributed by atoms with E-state index in [-0.39, 0.29) is 24.2 Å². The molecular formula is C27H36N4O6. The third kappa shape index (κ3) is 8.23. The smallest absolute Gasteiger partial charge is 0.408 e. The number of likely N-dealkylation sites (N-methyl/N-ethyl adjacent to an activating group) is 1. The highest BCUT2D eigenvalue weighted by atomic mass is 16.6. The summed E-state index contributed by atoms with van der Waals surface area (Å²) in [5.74, 6) is -2.03. The minimum atomic E-state index is -1.26. The Morgan fingerprint density at radius 3 is 2.24 bits per heavy atom. The van der Waals surface area contributed by atoms with Crippen LogP contribution < -0.4 is 16.4 Å². The third-order valence-electron chi connectivity index (χ3n) is 5.62. The van der Waals surface area contributed by atoms with E-state index in [1.165, 1.54) is 7.05 Å². The van der Waals surface area contributed by atoms with E-state index < -0.39 is 41.5 Å². The molecule has 37 heavy (non-hydrogen) atoms. The number of nitrogens with one attached hydrogen (secondary N) is 2. The number of anilines is 1. The van der Waals surface area contributed by atoms with Gasteiger partial charge >= 0.3 is 6.09 Å². The number of benzene rings is 2. The molecule has 0 heterocycles. The Balaban J connectivity index is 2.46. The monoisotopic (exact) mass is 512 g/mol. The average molecular weight is 513 g/mol. The molecule has 0 saturated carbocycles. The number of nitrogens with zero attached hydrogens (tertiary/aromatic N) is 1. The van der Waals surface area contributed by atoms with Crippen LogP contribution in [0.25, 0.3) is 0 Å². The Hall–Kier alpha value is -4.08. The topological polar surface area (TPSA) is 151 Å². The number of hydrogen-bond acceptors (Lipinski definition) is 6. The van der Waals surface area contributed by atoms with Crippen LogP contribution in [0.1, 0.15) is 56.3 Å². The van der Waals surface area contributed by atoms with Crippen molar-refractivity contribution in [3.8, 4) is 5.75 Å². The summed E-state index contributed by atoms with van der Waals surface area (Å²) in [5.41, 5.74) is 6.53. The van der Waals surface area contributed by atoms with Gasteiger partial charge in [0.05, 0.1) is 0 Å². The van der Waals surface area contributed by atoms with Gasteiger partial charge in [0.1, 0.15) is 23.4 Å². The zero-order chi connectivity index (χ0) is 27.9. The van der Waals surface area contributed by atoms with E-state index >= 15 is 0 Å². The highest BCUT2D eigenvalue weighted by Gasteiger charge is 2.36. The predicted octanol–water partition coefficient (Wildman–Crippen LogP) is 3.31. The number of aryl methyl sites for hydroxylation is 2. The number of primary amides is 1. The Morgan fingerprint density at radius 2 is 1.65 bits per heavy atom. The summed E-state index contributed by atoms with van der Waals surface area (Å²) >= 11 is 0. The summed E-state index contributed by atoms with van der Waals surface area (Å²) in [6.07, 6.45) is -1.15. The maximum absolute atomic E-state index is 13.6. The Morgan fingerprint density at radius 1 is 1.03 bits per heavy atom. The second kappa shape index (κ2) is 12.2. The van der Waals surface area contributed by atoms with Gasteiger partial charge in [0, 0.05) is 24.7 Å². The fourth-order valence-corrected chi connectivity index (χ4v) is 3.71. The first-order valence-corrected chi connectivity index (χ1v) is 11.9. The first-order chi connectivity index (χ1) is 17.2. The van der Waals surface area contributed by atoms with Gasteiger partial charge in [-0.3, -0.25) is 14.4 Å². The molecule has 5 N–H and O–H groups in total. The van der Waals surface area contributed by atoms with E-state index in [0.29, 0.717) is 11.3 Å². The van der Waals surface area contributed by atoms with Crippen molar-refractivity contribution in [3.63, 3.8) is 0 Å². The fourth-order valence-electron chi connectivity index (χ4n) is 3.71. The number of ether oxygens (including phenoxy) is 1. The first kappa shape index (κ1) is 29.2. The molecule has 4 amide bonds. The lowest BCUT2D eigenvalue weighted by Crippen LogP contribution is -2.51. The molecule has 2 unspecified atom stereocenters. The summed E-state index contributed by atoms with van der Waals surface area (Å²) in [4.78, 5) is 52.2. The summed E-state index contributed by atoms with van der Waals surface area (Å²) < 4.78 is 5.27. The summed E-state index contributed by atoms with van der Waals surface area (Å²) in [6.45, 7) is 8.52. The molecule has 2 aromatic rings. The number of phenols is 1. The Kier molecular flexibility index (Phi) is 9.65. The molecule has 200 valence electrons. The lowest BCUT2D eigenvalue weighted by Gasteiger charge is -2.32. The molecule has 0 saturated heterocycles. The highest BCUT2D eigenvalue weighted by Crippen LogP contribution is 2.32. The minimum Gasteiger partial charge on any atom is -0.507 e. The van der Waals surface area contributed by atoms with E-state index in [9.17, 15) is 24.3 Å². The molecule has 0 spiro atoms. The van der Waals surface area contributed by atoms with Crippen molar-refractivity contribution in [2.45, 2.75) is 65.1 Å². The van der Waals surface area contributed by atoms with Crippen LogP contribution in [-0.2, 0) is 19.1 Å². The minimum absolute atomic E-state index is 0.107. The number of para-hydroxylation sites is 2. The van der Waals surface area contributed by atoms with Gasteiger partial charge in [-0.25, -0.2) is 4.79 Å². The normalized spacial score (nSPS) is 12.7. The molecule has 2 rings (SSSR count). The van der Waals surface area contributed by atoms with Gasteiger partial charge in [0.2, 0.25) is 11.8 Å². The molecule has 2 atom stereocenters. The molecule has 0 aliphatic heterocycles. The van der Waals surface area contributed by atoms with Crippen molar-refractivity contribution in [3.05, 3.63) is 59.2 Å². The maximum Gasteiger partial charge on any atom is 0.408 e. The van der Waals surface area contributed by atoms with Gasteiger partial charge in [-0.05, 0) is 58.2 Å². The number of alkyl carbamates (subject to hydrolysis) is 1. The molecule has 0 aliphatic rings. The number of phenolic OH excluding ortho intramolecular Hbond substituents is 1. The molecular weight excluding hydrogens is 476 g/mol. The summed E-state index contributed by atoms with van der Waals surface area (Å²) in [6, 6.07) is 9.56. The number of aromatic hydroxyl groups is 1. The zero-order valence-electron chi connectivity index (χ0n) is 22.1. The second-order valence-electron chi connectivity index (χ2n) is 9.87. The third-order valence-corrected chi connectivity index (χ3v) is 5.62. The zero-order valence-corrected chi connectivity index (χ0v) is 22.1. The van der Waals surface area contributed by atoms with E-state index in [1.807, 2.05) is 19.1 Å². The average Bonchev–Trinajstić information content (AvgIpc) is 2.79. The van der Waals surface area contributed by atoms with E-state index in [2.05, 4.69) is 10.6 Å². The van der Waals surface area contributed by atoms with E-state index in [4.69, 9.17) is 10.5 Å². The standard InChI is InChI=1S/C27H36N4O6/c1-16-10-7-8-13-19(16)29-24(34)22(18-12-9-11-17(2)23(18)33)31(6)25(35)20(14-15-21(28)32)30-26(36)37-27(3,4)5/h7-13,20,22,33H,14-15H2,1-6H3,(H2,28,32)(H,29,34)(H,30,36). The van der Waals surface area contributed by atoms with Gasteiger partial charge in [-0.15, -0.1) is 0 Å². The molecule has 10 nitrogen and oxygen atoms in total. The lowest BCUT2D eigenvalue weighted by atomic mass is 9.99. The molecule has 0 bridgehead atoms. The van der Waals surface area contributed by atoms with Gasteiger partial charge < -0.3 is 31.1 Å². The molecule has 0 radical (unpaired) electrons. The number of hydrogen-bond donors (Lipinski definition) is 4. The van der Waals surface area contributed by atoms with Crippen molar-refractivity contribution in [1.29, 1.82) is 0 Å². The van der Waals surface area contributed by atoms with Crippen molar-refractivity contribution < 1.29 is 29.0 Å². The Labute approximate surface area is 217 Å². The maximum atomic E-state index is 13.6. The van der Waals surface area contributed by atoms with Gasteiger partial charge in [-0.1, -0.05) is 36.4 Å². The van der Waals surface area contributed by atoms with Crippen LogP contribution in [0.2, 0.25) is 0 Å². The summed E-state index contributed by atoms with van der Waals surface area (Å²) in [5, 5.41) is 16.1. The number of rotatable bonds is 9. The predicted molar refractivity (Wildman–Crippen MR) is 140 cm³/mol. The van der Waals surface area contributed by atoms with Gasteiger partial charge in [0.15, 0.2) is 0 Å². The molecule has 0 aliphatic carbocycles. The number of amides is 4. The summed E-state index contributed by atoms with van der Waals surface area (Å²) in [7, 11) is 1.39. The van der Waals surface area contributed by atoms with Crippen LogP contribution in [0.15, 0.2) is 42.5 Å². The molecule has 0 fully saturated rings. The van der Waals surface area contributed by atoms with Crippen molar-refractivity contribution in [2.24, 2.45) is 5.73 Å². The highest BCUT2D eigenvalue weighted by molar-refractivity contribution is 5.99. The lowest BCUT2D eigenvalue weighted by molar-refractivity contribution is -0.139. The second-order valence-corrected chi connectivity index (χ2v) is 9.87. The van der Waals surface area contributed by atoms with Crippen LogP contribution in [0, 0.1) is 13.8 Å². The molecule has 10 heteroatoms. The van der Waals surface area contributed by atoms with Crippen molar-refractivity contribution in [2.75, 3.05) is 12.4 Å². The van der Waals surface area contributed by atoms with Crippen LogP contribution in [0.3, 0.4) is 0 Å². The van der Waals surface area contributed by atoms with Gasteiger partial charge in [-0.2, -0.15) is 0 Å². The molecule has 0 aromatic heterocycles. The SMILES string of the molecule is Cc1ccccc1NC(=O)C(c1cccc(C)c1O)N(C)C(=O)C(CCC(N)=O)NC(=O)OC(C)(C)C. The first-order valence-electron chi connectivity index (χ1n) is 11.9. The molecule has 2 aromatic carbocycles. The van der Waals surface area contributed by atoms with Gasteiger partial charge in [0.25, 0.3) is 5.91 Å². The van der Waals surface area contributed by atoms with Crippen LogP contribution in [-0.4, -0.2) is 52.5 Å². The van der Waals surface area contributed by atoms with Crippen molar-refractivity contribution in [1.82, 2.24) is 10.2 Å². The van der Waals surface area contributed by atoms with Crippen LogP contribution >= 0.6 is 0 Å². The Bertz CT molecular complexity index is 1160. The number of carbonyl (C=O) groups is 4. The quantitative estimate of drug-likeness (QED) is 0.405. The number of carbonyl (C=O) groups excluding carboxylic acids is 4. The van der Waals surface area contributed by atoms with Crippen LogP contribution in [0.4, 0.5) is 10.5 Å². The largest absolute Gasteiger partial charge is 0.507 e. The van der Waals surface area contributed by atoms with E-state index in [0.717, 1.165) is 10.5 Å². The van der Waals surface area contributed by atoms with E-state index in [1.54, 1.807) is 58.0 Å². The number of nitrogens with two attached hydrogens (primary N) is 1. The van der Waals surface area contributed by atoms with Crippen LogP contribution in [0.5, 0.6) is 5.75 Å². The fraction of sp³-hybridized carbons (Fsp3) is 0.407. The van der Waals surface area contributed by atoms with Crippen molar-refractivity contribution >= 4 is 29.5 Å².